The Morgan fingerprint density at radius 1 is 1.30 bits per heavy atom. The maximum Gasteiger partial charge on any atom is 0.188 e. The van der Waals surface area contributed by atoms with Crippen molar-refractivity contribution in [2.45, 2.75) is 62.6 Å². The van der Waals surface area contributed by atoms with Crippen molar-refractivity contribution in [3.05, 3.63) is 12.8 Å². The Morgan fingerprint density at radius 3 is 2.60 bits per heavy atom. The van der Waals surface area contributed by atoms with Gasteiger partial charge in [0.2, 0.25) is 0 Å². The monoisotopic (exact) mass is 284 g/mol. The van der Waals surface area contributed by atoms with E-state index < -0.39 is 6.10 Å². The minimum absolute atomic E-state index is 0.0248. The lowest BCUT2D eigenvalue weighted by atomic mass is 10.2. The predicted molar refractivity (Wildman–Crippen MR) is 75.9 cm³/mol. The molecule has 4 unspecified atom stereocenters. The molecule has 2 saturated carbocycles. The van der Waals surface area contributed by atoms with Crippen molar-refractivity contribution in [3.8, 4) is 0 Å². The van der Waals surface area contributed by atoms with Crippen LogP contribution < -0.4 is 0 Å². The van der Waals surface area contributed by atoms with Gasteiger partial charge in [-0.2, -0.15) is 0 Å². The number of hydrogen-bond donors (Lipinski definition) is 2. The van der Waals surface area contributed by atoms with Crippen LogP contribution in [0, 0.1) is 0 Å². The van der Waals surface area contributed by atoms with Crippen molar-refractivity contribution in [2.24, 2.45) is 0 Å². The van der Waals surface area contributed by atoms with Gasteiger partial charge in [-0.05, 0) is 19.4 Å². The molecular formula is C15H26NO4+. The van der Waals surface area contributed by atoms with Crippen LogP contribution in [0.25, 0.3) is 0 Å². The van der Waals surface area contributed by atoms with Gasteiger partial charge in [0.15, 0.2) is 12.2 Å². The fourth-order valence-corrected chi connectivity index (χ4v) is 3.20. The Hall–Kier alpha value is -0.750. The van der Waals surface area contributed by atoms with E-state index >= 15 is 0 Å². The van der Waals surface area contributed by atoms with Gasteiger partial charge >= 0.3 is 0 Å². The SMILES string of the molecule is C=C[N+](=C)C1CC(OCCO)C(OC2CCCC2)C1O. The second-order valence-corrected chi connectivity index (χ2v) is 5.63. The van der Waals surface area contributed by atoms with Crippen molar-refractivity contribution in [3.63, 3.8) is 0 Å². The Labute approximate surface area is 120 Å². The fourth-order valence-electron chi connectivity index (χ4n) is 3.20. The lowest BCUT2D eigenvalue weighted by molar-refractivity contribution is -0.502. The number of ether oxygens (including phenoxy) is 2. The van der Waals surface area contributed by atoms with E-state index in [0.29, 0.717) is 6.42 Å². The fraction of sp³-hybridized carbons (Fsp3) is 0.800. The Balaban J connectivity index is 2.02. The summed E-state index contributed by atoms with van der Waals surface area (Å²) in [7, 11) is 0. The summed E-state index contributed by atoms with van der Waals surface area (Å²) in [5, 5.41) is 19.4. The van der Waals surface area contributed by atoms with E-state index in [1.54, 1.807) is 10.8 Å². The molecule has 0 amide bonds. The van der Waals surface area contributed by atoms with E-state index in [0.717, 1.165) is 12.8 Å². The minimum Gasteiger partial charge on any atom is -0.394 e. The number of rotatable bonds is 7. The van der Waals surface area contributed by atoms with E-state index in [9.17, 15) is 5.11 Å². The standard InChI is InChI=1S/C15H26NO4/c1-3-16(2)12-10-13(19-9-8-17)15(14(12)18)20-11-6-4-5-7-11/h3,11-15,17-18H,1-2,4-10H2/q+1. The Bertz CT molecular complexity index is 341. The van der Waals surface area contributed by atoms with Crippen LogP contribution in [0.5, 0.6) is 0 Å². The van der Waals surface area contributed by atoms with Crippen molar-refractivity contribution >= 4 is 6.72 Å². The quantitative estimate of drug-likeness (QED) is 0.533. The first kappa shape index (κ1) is 15.6. The minimum atomic E-state index is -0.644. The molecule has 0 aromatic heterocycles. The summed E-state index contributed by atoms with van der Waals surface area (Å²) in [6, 6.07) is -0.150. The van der Waals surface area contributed by atoms with Gasteiger partial charge in [0.05, 0.1) is 25.4 Å². The Kier molecular flexibility index (Phi) is 5.72. The van der Waals surface area contributed by atoms with Gasteiger partial charge in [-0.1, -0.05) is 12.8 Å². The summed E-state index contributed by atoms with van der Waals surface area (Å²) in [4.78, 5) is 0. The molecule has 0 radical (unpaired) electrons. The van der Waals surface area contributed by atoms with Gasteiger partial charge < -0.3 is 19.7 Å². The van der Waals surface area contributed by atoms with Crippen molar-refractivity contribution in [2.75, 3.05) is 13.2 Å². The maximum absolute atomic E-state index is 10.5. The molecule has 4 atom stereocenters. The highest BCUT2D eigenvalue weighted by atomic mass is 16.6. The van der Waals surface area contributed by atoms with Crippen molar-refractivity contribution < 1.29 is 24.3 Å². The molecule has 2 aliphatic rings. The van der Waals surface area contributed by atoms with Gasteiger partial charge in [0.1, 0.15) is 18.9 Å². The smallest absolute Gasteiger partial charge is 0.188 e. The zero-order chi connectivity index (χ0) is 14.5. The molecular weight excluding hydrogens is 258 g/mol. The lowest BCUT2D eigenvalue weighted by Gasteiger charge is -2.25. The molecule has 2 rings (SSSR count). The molecule has 0 heterocycles. The summed E-state index contributed by atoms with van der Waals surface area (Å²) in [5.41, 5.74) is 0. The zero-order valence-corrected chi connectivity index (χ0v) is 12.0. The van der Waals surface area contributed by atoms with Crippen LogP contribution >= 0.6 is 0 Å². The van der Waals surface area contributed by atoms with Crippen LogP contribution in [0.1, 0.15) is 32.1 Å². The van der Waals surface area contributed by atoms with Crippen LogP contribution in [0.3, 0.4) is 0 Å². The molecule has 2 fully saturated rings. The van der Waals surface area contributed by atoms with E-state index in [1.807, 2.05) is 0 Å². The van der Waals surface area contributed by atoms with Gasteiger partial charge in [0.25, 0.3) is 0 Å². The summed E-state index contributed by atoms with van der Waals surface area (Å²) < 4.78 is 13.4. The topological polar surface area (TPSA) is 61.9 Å². The van der Waals surface area contributed by atoms with Crippen LogP contribution in [0.4, 0.5) is 0 Å². The third kappa shape index (κ3) is 3.47. The van der Waals surface area contributed by atoms with Crippen LogP contribution in [-0.2, 0) is 9.47 Å². The van der Waals surface area contributed by atoms with Crippen molar-refractivity contribution in [1.29, 1.82) is 0 Å². The maximum atomic E-state index is 10.5. The van der Waals surface area contributed by atoms with Gasteiger partial charge in [-0.15, -0.1) is 0 Å². The molecule has 2 aliphatic carbocycles. The summed E-state index contributed by atoms with van der Waals surface area (Å²) in [5.74, 6) is 0. The molecule has 0 aromatic carbocycles. The van der Waals surface area contributed by atoms with Crippen LogP contribution in [0.15, 0.2) is 12.8 Å². The molecule has 20 heavy (non-hydrogen) atoms. The first-order chi connectivity index (χ1) is 9.67. The molecule has 0 spiro atoms. The normalized spacial score (nSPS) is 34.5. The molecule has 114 valence electrons. The first-order valence-electron chi connectivity index (χ1n) is 7.44. The Morgan fingerprint density at radius 2 is 2.00 bits per heavy atom. The average molecular weight is 284 g/mol. The van der Waals surface area contributed by atoms with E-state index in [2.05, 4.69) is 13.3 Å². The number of aliphatic hydroxyl groups excluding tert-OH is 2. The highest BCUT2D eigenvalue weighted by Gasteiger charge is 2.49. The van der Waals surface area contributed by atoms with Crippen LogP contribution in [-0.4, -0.2) is 65.2 Å². The third-order valence-electron chi connectivity index (χ3n) is 4.31. The third-order valence-corrected chi connectivity index (χ3v) is 4.31. The van der Waals surface area contributed by atoms with Gasteiger partial charge in [-0.3, -0.25) is 0 Å². The highest BCUT2D eigenvalue weighted by molar-refractivity contribution is 5.16. The first-order valence-corrected chi connectivity index (χ1v) is 7.44. The van der Waals surface area contributed by atoms with E-state index in [-0.39, 0.29) is 37.6 Å². The largest absolute Gasteiger partial charge is 0.394 e. The molecule has 0 saturated heterocycles. The summed E-state index contributed by atoms with van der Waals surface area (Å²) in [6.07, 6.45) is 5.74. The molecule has 0 aromatic rings. The molecule has 0 aliphatic heterocycles. The van der Waals surface area contributed by atoms with Gasteiger partial charge in [-0.25, -0.2) is 4.58 Å². The molecule has 5 heteroatoms. The second-order valence-electron chi connectivity index (χ2n) is 5.63. The zero-order valence-electron chi connectivity index (χ0n) is 12.0. The molecule has 2 N–H and O–H groups in total. The molecule has 0 bridgehead atoms. The second kappa shape index (κ2) is 7.31. The number of hydrogen-bond acceptors (Lipinski definition) is 4. The van der Waals surface area contributed by atoms with Gasteiger partial charge in [0, 0.05) is 6.42 Å². The van der Waals surface area contributed by atoms with E-state index in [4.69, 9.17) is 14.6 Å². The molecule has 5 nitrogen and oxygen atoms in total. The van der Waals surface area contributed by atoms with Crippen molar-refractivity contribution in [1.82, 2.24) is 0 Å². The highest BCUT2D eigenvalue weighted by Crippen LogP contribution is 2.32. The predicted octanol–water partition coefficient (Wildman–Crippen LogP) is 0.681. The average Bonchev–Trinajstić information content (AvgIpc) is 3.06. The summed E-state index contributed by atoms with van der Waals surface area (Å²) in [6.45, 7) is 7.79. The van der Waals surface area contributed by atoms with E-state index in [1.165, 1.54) is 12.8 Å². The number of aliphatic hydroxyl groups is 2. The number of nitrogens with zero attached hydrogens (tertiary/aromatic N) is 1. The summed E-state index contributed by atoms with van der Waals surface area (Å²) >= 11 is 0. The lowest BCUT2D eigenvalue weighted by Crippen LogP contribution is -2.40. The van der Waals surface area contributed by atoms with Crippen LogP contribution in [0.2, 0.25) is 0 Å².